The van der Waals surface area contributed by atoms with Gasteiger partial charge >= 0.3 is 13.7 Å². The molecule has 0 fully saturated rings. The molecule has 0 radical (unpaired) electrons. The summed E-state index contributed by atoms with van der Waals surface area (Å²) in [6.45, 7) is 3.43. The number of nitriles is 2. The molecule has 5 aromatic carbocycles. The van der Waals surface area contributed by atoms with Crippen molar-refractivity contribution >= 4 is 101 Å². The van der Waals surface area contributed by atoms with Gasteiger partial charge in [-0.1, -0.05) is 190 Å². The fourth-order valence-corrected chi connectivity index (χ4v) is 11.2. The minimum absolute atomic E-state index is 0.395. The first-order valence-corrected chi connectivity index (χ1v) is 23.2. The Hall–Kier alpha value is -8.15. The summed E-state index contributed by atoms with van der Waals surface area (Å²) in [5.41, 5.74) is 10.1. The van der Waals surface area contributed by atoms with Crippen LogP contribution in [0.2, 0.25) is 0 Å². The number of hydrogen-bond donors (Lipinski definition) is 0. The van der Waals surface area contributed by atoms with E-state index >= 15 is 0 Å². The average molecular weight is 883 g/mol. The third kappa shape index (κ3) is 6.83. The Kier molecular flexibility index (Phi) is 10.5. The lowest BCUT2D eigenvalue weighted by Gasteiger charge is -2.24. The zero-order valence-corrected chi connectivity index (χ0v) is 37.5. The van der Waals surface area contributed by atoms with E-state index in [1.54, 1.807) is 12.4 Å². The molecule has 0 saturated heterocycles. The number of aryl methyl sites for hydroxylation is 2. The molecule has 11 aromatic rings. The van der Waals surface area contributed by atoms with Crippen LogP contribution in [-0.4, -0.2) is 42.6 Å². The second-order valence-electron chi connectivity index (χ2n) is 16.1. The Balaban J connectivity index is 1.47. The van der Waals surface area contributed by atoms with Gasteiger partial charge in [-0.3, -0.25) is 0 Å². The Labute approximate surface area is 389 Å². The molecular formula is C54H36B2N8S2. The smallest absolute Gasteiger partial charge is 0.328 e. The molecule has 11 rings (SSSR count). The van der Waals surface area contributed by atoms with E-state index in [0.717, 1.165) is 64.8 Å². The highest BCUT2D eigenvalue weighted by Crippen LogP contribution is 2.35. The largest absolute Gasteiger partial charge is 0.378 e. The van der Waals surface area contributed by atoms with Gasteiger partial charge in [0.1, 0.15) is 54.0 Å². The first-order valence-electron chi connectivity index (χ1n) is 21.6. The standard InChI is InChI=1S/C54H36B2N8S2/c1-35-19-15-16-28-41(35)48-47-46(49(42(33-57)51-61-44-29-17-31-59-53(44)65-51)64(48)56(39-24-11-5-12-25-39)40-26-13-6-14-27-40)36(2)63(55(37-20-7-3-8-21-37)38-22-9-4-10-23-38)50(47)43(34-58)52-62-45-30-18-32-60-54(45)66-52/h3-32H,1-2H3/b49-42-,50-43-. The predicted octanol–water partition coefficient (Wildman–Crippen LogP) is 7.49. The van der Waals surface area contributed by atoms with E-state index in [1.807, 2.05) is 48.5 Å². The van der Waals surface area contributed by atoms with Crippen molar-refractivity contribution in [2.45, 2.75) is 13.8 Å². The summed E-state index contributed by atoms with van der Waals surface area (Å²) in [6.07, 6.45) is 3.52. The number of benzene rings is 5. The molecule has 0 unspecified atom stereocenters. The molecule has 0 aliphatic heterocycles. The molecule has 0 aliphatic carbocycles. The van der Waals surface area contributed by atoms with Gasteiger partial charge in [0.25, 0.3) is 0 Å². The summed E-state index contributed by atoms with van der Waals surface area (Å²) in [5.74, 6) is 0. The molecule has 6 heterocycles. The fraction of sp³-hybridized carbons (Fsp3) is 0.0370. The van der Waals surface area contributed by atoms with Gasteiger partial charge in [-0.2, -0.15) is 10.5 Å². The van der Waals surface area contributed by atoms with Crippen molar-refractivity contribution in [1.29, 1.82) is 10.5 Å². The summed E-state index contributed by atoms with van der Waals surface area (Å²) >= 11 is 2.81. The van der Waals surface area contributed by atoms with Gasteiger partial charge in [-0.05, 0) is 43.7 Å². The normalized spacial score (nSPS) is 12.2. The van der Waals surface area contributed by atoms with Crippen LogP contribution in [0.1, 0.15) is 21.3 Å². The number of pyridine rings is 2. The molecule has 12 heteroatoms. The van der Waals surface area contributed by atoms with Crippen molar-refractivity contribution in [3.05, 3.63) is 214 Å². The highest BCUT2D eigenvalue weighted by Gasteiger charge is 2.36. The second kappa shape index (κ2) is 17.1. The van der Waals surface area contributed by atoms with E-state index in [0.29, 0.717) is 42.9 Å². The topological polar surface area (TPSA) is 109 Å². The van der Waals surface area contributed by atoms with Gasteiger partial charge in [0, 0.05) is 40.1 Å². The Morgan fingerprint density at radius 3 is 1.32 bits per heavy atom. The van der Waals surface area contributed by atoms with Crippen LogP contribution >= 0.6 is 22.7 Å². The number of thiazole rings is 2. The molecule has 310 valence electrons. The Morgan fingerprint density at radius 1 is 0.485 bits per heavy atom. The van der Waals surface area contributed by atoms with Crippen LogP contribution in [-0.2, 0) is 0 Å². The van der Waals surface area contributed by atoms with Crippen LogP contribution in [0.15, 0.2) is 182 Å². The number of rotatable bonds is 9. The van der Waals surface area contributed by atoms with E-state index in [9.17, 15) is 10.5 Å². The van der Waals surface area contributed by atoms with Gasteiger partial charge < -0.3 is 8.96 Å². The summed E-state index contributed by atoms with van der Waals surface area (Å²) in [7, 11) is 0. The SMILES string of the molecule is Cc1ccccc1-c1c2/c(=C(\C#N)c3nc4cccnc4s3)n(B(c3ccccc3)c3ccccc3)c(C)c2/c(=C(\C#N)c2nc3cccnc3s2)n1B(c1ccccc1)c1ccccc1. The maximum Gasteiger partial charge on any atom is 0.328 e. The van der Waals surface area contributed by atoms with Gasteiger partial charge in [-0.15, -0.1) is 0 Å². The maximum atomic E-state index is 11.8. The lowest BCUT2D eigenvalue weighted by atomic mass is 9.50. The quantitative estimate of drug-likeness (QED) is 0.139. The highest BCUT2D eigenvalue weighted by atomic mass is 32.1. The number of aromatic nitrogens is 6. The minimum atomic E-state index is -0.433. The van der Waals surface area contributed by atoms with Crippen molar-refractivity contribution in [3.8, 4) is 23.4 Å². The van der Waals surface area contributed by atoms with Crippen molar-refractivity contribution in [2.75, 3.05) is 0 Å². The predicted molar refractivity (Wildman–Crippen MR) is 272 cm³/mol. The lowest BCUT2D eigenvalue weighted by molar-refractivity contribution is 1.07. The summed E-state index contributed by atoms with van der Waals surface area (Å²) < 4.78 is 4.67. The molecule has 66 heavy (non-hydrogen) atoms. The number of fused-ring (bicyclic) bond motifs is 3. The van der Waals surface area contributed by atoms with E-state index < -0.39 is 13.7 Å². The van der Waals surface area contributed by atoms with Crippen LogP contribution < -0.4 is 32.5 Å². The van der Waals surface area contributed by atoms with E-state index in [-0.39, 0.29) is 0 Å². The molecule has 0 spiro atoms. The highest BCUT2D eigenvalue weighted by molar-refractivity contribution is 7.19. The Morgan fingerprint density at radius 2 is 0.894 bits per heavy atom. The summed E-state index contributed by atoms with van der Waals surface area (Å²) in [5, 5.41) is 27.8. The van der Waals surface area contributed by atoms with Crippen molar-refractivity contribution in [3.63, 3.8) is 0 Å². The van der Waals surface area contributed by atoms with Crippen LogP contribution in [0.3, 0.4) is 0 Å². The van der Waals surface area contributed by atoms with Crippen LogP contribution in [0.5, 0.6) is 0 Å². The molecule has 6 aromatic heterocycles. The third-order valence-electron chi connectivity index (χ3n) is 12.2. The first-order chi connectivity index (χ1) is 32.5. The zero-order chi connectivity index (χ0) is 44.7. The van der Waals surface area contributed by atoms with Crippen molar-refractivity contribution in [2.24, 2.45) is 0 Å². The van der Waals surface area contributed by atoms with Gasteiger partial charge in [0.15, 0.2) is 0 Å². The molecule has 0 aliphatic rings. The number of hydrogen-bond acceptors (Lipinski definition) is 8. The summed E-state index contributed by atoms with van der Waals surface area (Å²) in [4.78, 5) is 21.1. The third-order valence-corrected chi connectivity index (χ3v) is 14.2. The van der Waals surface area contributed by atoms with Crippen molar-refractivity contribution in [1.82, 2.24) is 28.9 Å². The molecule has 0 amide bonds. The van der Waals surface area contributed by atoms with E-state index in [1.165, 1.54) is 22.7 Å². The molecular weight excluding hydrogens is 846 g/mol. The van der Waals surface area contributed by atoms with Gasteiger partial charge in [0.2, 0.25) is 0 Å². The Bertz CT molecular complexity index is 3590. The monoisotopic (exact) mass is 882 g/mol. The van der Waals surface area contributed by atoms with Gasteiger partial charge in [-0.25, -0.2) is 19.9 Å². The van der Waals surface area contributed by atoms with Crippen LogP contribution in [0.25, 0.3) is 53.9 Å². The average Bonchev–Trinajstić information content (AvgIpc) is 4.14. The fourth-order valence-electron chi connectivity index (χ4n) is 9.44. The first kappa shape index (κ1) is 40.6. The zero-order valence-electron chi connectivity index (χ0n) is 35.9. The molecule has 0 saturated carbocycles. The molecule has 8 nitrogen and oxygen atoms in total. The van der Waals surface area contributed by atoms with E-state index in [2.05, 4.69) is 166 Å². The van der Waals surface area contributed by atoms with Crippen molar-refractivity contribution < 1.29 is 0 Å². The second-order valence-corrected chi connectivity index (χ2v) is 18.0. The van der Waals surface area contributed by atoms with Gasteiger partial charge in [0.05, 0.1) is 10.7 Å². The van der Waals surface area contributed by atoms with Crippen LogP contribution in [0.4, 0.5) is 0 Å². The van der Waals surface area contributed by atoms with Crippen LogP contribution in [0, 0.1) is 36.5 Å². The lowest BCUT2D eigenvalue weighted by Crippen LogP contribution is -2.54. The number of nitrogens with zero attached hydrogens (tertiary/aromatic N) is 8. The minimum Gasteiger partial charge on any atom is -0.378 e. The van der Waals surface area contributed by atoms with E-state index in [4.69, 9.17) is 9.97 Å². The summed E-state index contributed by atoms with van der Waals surface area (Å²) in [6, 6.07) is 63.2. The maximum absolute atomic E-state index is 11.8. The molecule has 0 N–H and O–H groups in total. The molecule has 0 bridgehead atoms. The molecule has 0 atom stereocenters.